The lowest BCUT2D eigenvalue weighted by Gasteiger charge is -2.33. The molecule has 1 unspecified atom stereocenters. The predicted molar refractivity (Wildman–Crippen MR) is 114 cm³/mol. The van der Waals surface area contributed by atoms with Crippen molar-refractivity contribution in [2.45, 2.75) is 36.8 Å². The van der Waals surface area contributed by atoms with Crippen LogP contribution >= 0.6 is 11.6 Å². The van der Waals surface area contributed by atoms with E-state index in [1.54, 1.807) is 48.2 Å². The van der Waals surface area contributed by atoms with Gasteiger partial charge in [-0.1, -0.05) is 17.7 Å². The first-order chi connectivity index (χ1) is 14.3. The first kappa shape index (κ1) is 22.4. The van der Waals surface area contributed by atoms with Gasteiger partial charge in [-0.15, -0.1) is 0 Å². The summed E-state index contributed by atoms with van der Waals surface area (Å²) in [4.78, 5) is 14.6. The average molecular weight is 453 g/mol. The van der Waals surface area contributed by atoms with E-state index in [1.807, 2.05) is 0 Å². The molecule has 1 N–H and O–H groups in total. The molecule has 0 aliphatic carbocycles. The summed E-state index contributed by atoms with van der Waals surface area (Å²) >= 11 is 5.95. The van der Waals surface area contributed by atoms with Gasteiger partial charge in [0.25, 0.3) is 5.91 Å². The number of carbonyl (C=O) groups excluding carboxylic acids is 1. The maximum absolute atomic E-state index is 12.7. The number of amides is 1. The SMILES string of the molecule is COc1ccc(S(=O)(=O)NC2CCN(C(=O)C(C)Oc3cccc(Cl)c3)CC2)cc1. The summed E-state index contributed by atoms with van der Waals surface area (Å²) in [6.07, 6.45) is 0.409. The highest BCUT2D eigenvalue weighted by molar-refractivity contribution is 7.89. The molecule has 2 aromatic rings. The van der Waals surface area contributed by atoms with Crippen molar-refractivity contribution in [2.75, 3.05) is 20.2 Å². The van der Waals surface area contributed by atoms with E-state index in [0.29, 0.717) is 42.5 Å². The molecule has 1 heterocycles. The molecule has 0 radical (unpaired) electrons. The normalized spacial score (nSPS) is 16.2. The topological polar surface area (TPSA) is 84.9 Å². The molecule has 0 aromatic heterocycles. The third kappa shape index (κ3) is 5.65. The van der Waals surface area contributed by atoms with E-state index in [4.69, 9.17) is 21.1 Å². The molecule has 0 bridgehead atoms. The Balaban J connectivity index is 1.52. The zero-order valence-corrected chi connectivity index (χ0v) is 18.4. The lowest BCUT2D eigenvalue weighted by atomic mass is 10.1. The van der Waals surface area contributed by atoms with Crippen molar-refractivity contribution in [3.8, 4) is 11.5 Å². The van der Waals surface area contributed by atoms with E-state index in [-0.39, 0.29) is 16.8 Å². The van der Waals surface area contributed by atoms with E-state index in [0.717, 1.165) is 0 Å². The number of likely N-dealkylation sites (tertiary alicyclic amines) is 1. The van der Waals surface area contributed by atoms with Crippen molar-refractivity contribution in [1.82, 2.24) is 9.62 Å². The Morgan fingerprint density at radius 2 is 1.80 bits per heavy atom. The van der Waals surface area contributed by atoms with Crippen LogP contribution in [0.1, 0.15) is 19.8 Å². The third-order valence-electron chi connectivity index (χ3n) is 4.95. The zero-order chi connectivity index (χ0) is 21.7. The number of carbonyl (C=O) groups is 1. The number of sulfonamides is 1. The standard InChI is InChI=1S/C21H25ClN2O5S/c1-15(29-19-5-3-4-16(22)14-19)21(25)24-12-10-17(11-13-24)23-30(26,27)20-8-6-18(28-2)7-9-20/h3-9,14-15,17,23H,10-13H2,1-2H3. The summed E-state index contributed by atoms with van der Waals surface area (Å²) in [6.45, 7) is 2.61. The van der Waals surface area contributed by atoms with Crippen molar-refractivity contribution >= 4 is 27.5 Å². The van der Waals surface area contributed by atoms with Crippen LogP contribution in [-0.4, -0.2) is 51.6 Å². The minimum atomic E-state index is -3.63. The van der Waals surface area contributed by atoms with Crippen LogP contribution in [0.3, 0.4) is 0 Å². The molecule has 1 aliphatic rings. The van der Waals surface area contributed by atoms with E-state index in [2.05, 4.69) is 4.72 Å². The van der Waals surface area contributed by atoms with Gasteiger partial charge >= 0.3 is 0 Å². The molecule has 7 nitrogen and oxygen atoms in total. The van der Waals surface area contributed by atoms with Crippen molar-refractivity contribution in [3.63, 3.8) is 0 Å². The van der Waals surface area contributed by atoms with E-state index in [1.165, 1.54) is 19.2 Å². The molecule has 0 saturated carbocycles. The lowest BCUT2D eigenvalue weighted by Crippen LogP contribution is -2.49. The van der Waals surface area contributed by atoms with Crippen molar-refractivity contribution in [3.05, 3.63) is 53.6 Å². The molecule has 2 aromatic carbocycles. The largest absolute Gasteiger partial charge is 0.497 e. The highest BCUT2D eigenvalue weighted by atomic mass is 35.5. The number of hydrogen-bond donors (Lipinski definition) is 1. The number of nitrogens with zero attached hydrogens (tertiary/aromatic N) is 1. The minimum absolute atomic E-state index is 0.133. The molecule has 0 spiro atoms. The van der Waals surface area contributed by atoms with Crippen LogP contribution in [-0.2, 0) is 14.8 Å². The zero-order valence-electron chi connectivity index (χ0n) is 16.9. The maximum atomic E-state index is 12.7. The molecule has 1 fully saturated rings. The summed E-state index contributed by atoms with van der Waals surface area (Å²) in [6, 6.07) is 12.9. The number of benzene rings is 2. The van der Waals surface area contributed by atoms with Crippen molar-refractivity contribution in [2.24, 2.45) is 0 Å². The van der Waals surface area contributed by atoms with Gasteiger partial charge in [0.15, 0.2) is 6.10 Å². The summed E-state index contributed by atoms with van der Waals surface area (Å²) in [5, 5.41) is 0.539. The summed E-state index contributed by atoms with van der Waals surface area (Å²) < 4.78 is 38.7. The second kappa shape index (κ2) is 9.68. The smallest absolute Gasteiger partial charge is 0.263 e. The van der Waals surface area contributed by atoms with Crippen LogP contribution in [0.2, 0.25) is 5.02 Å². The number of halogens is 1. The van der Waals surface area contributed by atoms with Gasteiger partial charge in [0, 0.05) is 24.2 Å². The van der Waals surface area contributed by atoms with Crippen LogP contribution in [0.15, 0.2) is 53.4 Å². The Bertz CT molecular complexity index is 973. The number of rotatable bonds is 7. The van der Waals surface area contributed by atoms with Gasteiger partial charge in [-0.25, -0.2) is 13.1 Å². The quantitative estimate of drug-likeness (QED) is 0.697. The minimum Gasteiger partial charge on any atom is -0.497 e. The first-order valence-electron chi connectivity index (χ1n) is 9.66. The molecular weight excluding hydrogens is 428 g/mol. The van der Waals surface area contributed by atoms with Gasteiger partial charge in [-0.2, -0.15) is 0 Å². The fourth-order valence-electron chi connectivity index (χ4n) is 3.31. The number of hydrogen-bond acceptors (Lipinski definition) is 5. The highest BCUT2D eigenvalue weighted by Crippen LogP contribution is 2.21. The second-order valence-electron chi connectivity index (χ2n) is 7.11. The number of nitrogens with one attached hydrogen (secondary N) is 1. The molecule has 1 aliphatic heterocycles. The molecule has 9 heteroatoms. The molecule has 162 valence electrons. The number of ether oxygens (including phenoxy) is 2. The van der Waals surface area contributed by atoms with Gasteiger partial charge in [0.2, 0.25) is 10.0 Å². The van der Waals surface area contributed by atoms with Crippen LogP contribution in [0.25, 0.3) is 0 Å². The van der Waals surface area contributed by atoms with Gasteiger partial charge in [0.1, 0.15) is 11.5 Å². The van der Waals surface area contributed by atoms with Crippen LogP contribution < -0.4 is 14.2 Å². The van der Waals surface area contributed by atoms with E-state index >= 15 is 0 Å². The average Bonchev–Trinajstić information content (AvgIpc) is 2.73. The monoisotopic (exact) mass is 452 g/mol. The van der Waals surface area contributed by atoms with Gasteiger partial charge in [0.05, 0.1) is 12.0 Å². The Kier molecular flexibility index (Phi) is 7.23. The van der Waals surface area contributed by atoms with Crippen LogP contribution in [0, 0.1) is 0 Å². The number of piperidine rings is 1. The predicted octanol–water partition coefficient (Wildman–Crippen LogP) is 3.09. The van der Waals surface area contributed by atoms with Crippen molar-refractivity contribution in [1.29, 1.82) is 0 Å². The first-order valence-corrected chi connectivity index (χ1v) is 11.5. The van der Waals surface area contributed by atoms with Gasteiger partial charge in [-0.05, 0) is 62.2 Å². The summed E-state index contributed by atoms with van der Waals surface area (Å²) in [7, 11) is -2.10. The Morgan fingerprint density at radius 3 is 2.40 bits per heavy atom. The number of methoxy groups -OCH3 is 1. The fraction of sp³-hybridized carbons (Fsp3) is 0.381. The van der Waals surface area contributed by atoms with Gasteiger partial charge in [-0.3, -0.25) is 4.79 Å². The molecule has 30 heavy (non-hydrogen) atoms. The Labute approximate surface area is 182 Å². The Hall–Kier alpha value is -2.29. The molecule has 3 rings (SSSR count). The van der Waals surface area contributed by atoms with Crippen LogP contribution in [0.5, 0.6) is 11.5 Å². The fourth-order valence-corrected chi connectivity index (χ4v) is 4.80. The van der Waals surface area contributed by atoms with Crippen LogP contribution in [0.4, 0.5) is 0 Å². The summed E-state index contributed by atoms with van der Waals surface area (Å²) in [5.74, 6) is 0.992. The highest BCUT2D eigenvalue weighted by Gasteiger charge is 2.29. The Morgan fingerprint density at radius 1 is 1.13 bits per heavy atom. The lowest BCUT2D eigenvalue weighted by molar-refractivity contribution is -0.139. The van der Waals surface area contributed by atoms with Crippen molar-refractivity contribution < 1.29 is 22.7 Å². The van der Waals surface area contributed by atoms with E-state index < -0.39 is 16.1 Å². The van der Waals surface area contributed by atoms with E-state index in [9.17, 15) is 13.2 Å². The summed E-state index contributed by atoms with van der Waals surface area (Å²) in [5.41, 5.74) is 0. The molecule has 1 atom stereocenters. The molecule has 1 amide bonds. The maximum Gasteiger partial charge on any atom is 0.263 e. The third-order valence-corrected chi connectivity index (χ3v) is 6.73. The van der Waals surface area contributed by atoms with Gasteiger partial charge < -0.3 is 14.4 Å². The second-order valence-corrected chi connectivity index (χ2v) is 9.26. The molecular formula is C21H25ClN2O5S. The molecule has 1 saturated heterocycles.